The molecule has 0 amide bonds. The van der Waals surface area contributed by atoms with Crippen LogP contribution in [0.2, 0.25) is 0 Å². The van der Waals surface area contributed by atoms with Crippen LogP contribution in [0.15, 0.2) is 30.6 Å². The summed E-state index contributed by atoms with van der Waals surface area (Å²) in [5.41, 5.74) is 0.182. The molecular formula is C11H14N4O4S. The first kappa shape index (κ1) is 15.9. The number of benzene rings is 1. The van der Waals surface area contributed by atoms with Gasteiger partial charge in [0, 0.05) is 0 Å². The van der Waals surface area contributed by atoms with E-state index in [1.807, 2.05) is 0 Å². The van der Waals surface area contributed by atoms with Gasteiger partial charge in [0.15, 0.2) is 0 Å². The number of hydrogen-bond donors (Lipinski definition) is 2. The lowest BCUT2D eigenvalue weighted by molar-refractivity contribution is 0.0696. The summed E-state index contributed by atoms with van der Waals surface area (Å²) in [5.74, 6) is -0.508. The van der Waals surface area contributed by atoms with Crippen molar-refractivity contribution in [2.45, 2.75) is 12.6 Å². The highest BCUT2D eigenvalue weighted by atomic mass is 32.1. The highest BCUT2D eigenvalue weighted by Gasteiger charge is 2.08. The van der Waals surface area contributed by atoms with Crippen LogP contribution in [0.3, 0.4) is 0 Å². The number of aromatic carboxylic acids is 1. The van der Waals surface area contributed by atoms with Crippen LogP contribution in [0.4, 0.5) is 0 Å². The maximum absolute atomic E-state index is 10.7. The van der Waals surface area contributed by atoms with Gasteiger partial charge in [0.1, 0.15) is 24.8 Å². The fourth-order valence-electron chi connectivity index (χ4n) is 1.42. The van der Waals surface area contributed by atoms with Gasteiger partial charge in [-0.3, -0.25) is 0 Å². The largest absolute Gasteiger partial charge is 0.491 e. The first-order valence-corrected chi connectivity index (χ1v) is 5.50. The maximum Gasteiger partial charge on any atom is 0.335 e. The molecule has 0 saturated carbocycles. The lowest BCUT2D eigenvalue weighted by atomic mass is 10.2. The van der Waals surface area contributed by atoms with E-state index in [0.29, 0.717) is 5.75 Å². The average Bonchev–Trinajstić information content (AvgIpc) is 2.89. The van der Waals surface area contributed by atoms with E-state index in [9.17, 15) is 9.90 Å². The Morgan fingerprint density at radius 2 is 2.05 bits per heavy atom. The van der Waals surface area contributed by atoms with Crippen molar-refractivity contribution < 1.29 is 19.7 Å². The molecule has 1 aromatic heterocycles. The van der Waals surface area contributed by atoms with E-state index in [1.165, 1.54) is 35.3 Å². The second kappa shape index (κ2) is 7.46. The van der Waals surface area contributed by atoms with Crippen LogP contribution in [0.1, 0.15) is 10.4 Å². The van der Waals surface area contributed by atoms with Gasteiger partial charge in [0.2, 0.25) is 0 Å². The van der Waals surface area contributed by atoms with Crippen molar-refractivity contribution in [3.63, 3.8) is 0 Å². The van der Waals surface area contributed by atoms with Gasteiger partial charge in [0.05, 0.1) is 12.1 Å². The van der Waals surface area contributed by atoms with Crippen LogP contribution in [0.5, 0.6) is 5.75 Å². The zero-order chi connectivity index (χ0) is 13.7. The van der Waals surface area contributed by atoms with E-state index in [2.05, 4.69) is 15.5 Å². The van der Waals surface area contributed by atoms with Gasteiger partial charge in [-0.2, -0.15) is 13.5 Å². The van der Waals surface area contributed by atoms with Crippen LogP contribution in [-0.2, 0) is 6.54 Å². The minimum atomic E-state index is -0.995. The summed E-state index contributed by atoms with van der Waals surface area (Å²) in [7, 11) is 0. The lowest BCUT2D eigenvalue weighted by Crippen LogP contribution is -2.24. The molecule has 108 valence electrons. The summed E-state index contributed by atoms with van der Waals surface area (Å²) >= 11 is 0. The maximum atomic E-state index is 10.7. The zero-order valence-electron chi connectivity index (χ0n) is 10.4. The van der Waals surface area contributed by atoms with Crippen LogP contribution in [-0.4, -0.2) is 49.1 Å². The Hall–Kier alpha value is -2.13. The third kappa shape index (κ3) is 4.52. The van der Waals surface area contributed by atoms with Crippen molar-refractivity contribution in [1.82, 2.24) is 20.2 Å². The predicted octanol–water partition coefficient (Wildman–Crippen LogP) is -0.0760. The Morgan fingerprint density at radius 3 is 2.60 bits per heavy atom. The van der Waals surface area contributed by atoms with Crippen LogP contribution in [0.25, 0.3) is 0 Å². The van der Waals surface area contributed by atoms with E-state index in [0.717, 1.165) is 0 Å². The van der Waals surface area contributed by atoms with Crippen LogP contribution in [0, 0.1) is 0 Å². The Kier molecular flexibility index (Phi) is 5.94. The number of nitrogens with zero attached hydrogens (tertiary/aromatic N) is 4. The third-order valence-corrected chi connectivity index (χ3v) is 2.33. The number of tetrazole rings is 1. The number of ether oxygens (including phenoxy) is 1. The molecule has 2 rings (SSSR count). The summed E-state index contributed by atoms with van der Waals surface area (Å²) in [6.45, 7) is 0.284. The summed E-state index contributed by atoms with van der Waals surface area (Å²) in [6.07, 6.45) is 0.632. The van der Waals surface area contributed by atoms with E-state index in [4.69, 9.17) is 9.84 Å². The van der Waals surface area contributed by atoms with E-state index >= 15 is 0 Å². The zero-order valence-corrected chi connectivity index (χ0v) is 11.4. The molecule has 0 saturated heterocycles. The monoisotopic (exact) mass is 298 g/mol. The summed E-state index contributed by atoms with van der Waals surface area (Å²) in [6, 6.07) is 5.94. The second-order valence-corrected chi connectivity index (χ2v) is 3.83. The van der Waals surface area contributed by atoms with Gasteiger partial charge in [-0.15, -0.1) is 5.10 Å². The molecule has 0 aliphatic heterocycles. The SMILES string of the molecule is O=C(O)c1ccc(OC[C@@H](O)Cn2cnnn2)cc1.S. The first-order valence-electron chi connectivity index (χ1n) is 5.50. The highest BCUT2D eigenvalue weighted by Crippen LogP contribution is 2.12. The Labute approximate surface area is 121 Å². The third-order valence-electron chi connectivity index (χ3n) is 2.33. The fourth-order valence-corrected chi connectivity index (χ4v) is 1.42. The second-order valence-electron chi connectivity index (χ2n) is 3.83. The molecule has 9 heteroatoms. The van der Waals surface area contributed by atoms with Crippen molar-refractivity contribution in [2.24, 2.45) is 0 Å². The Bertz CT molecular complexity index is 532. The highest BCUT2D eigenvalue weighted by molar-refractivity contribution is 7.59. The smallest absolute Gasteiger partial charge is 0.335 e. The molecule has 1 atom stereocenters. The molecule has 0 aliphatic carbocycles. The molecular weight excluding hydrogens is 284 g/mol. The summed E-state index contributed by atoms with van der Waals surface area (Å²) in [5, 5.41) is 28.9. The molecule has 2 N–H and O–H groups in total. The van der Waals surface area contributed by atoms with E-state index in [1.54, 1.807) is 0 Å². The van der Waals surface area contributed by atoms with Gasteiger partial charge in [-0.25, -0.2) is 9.48 Å². The van der Waals surface area contributed by atoms with Crippen molar-refractivity contribution in [3.05, 3.63) is 36.2 Å². The molecule has 0 spiro atoms. The normalized spacial score (nSPS) is 11.4. The van der Waals surface area contributed by atoms with Crippen molar-refractivity contribution in [3.8, 4) is 5.75 Å². The Morgan fingerprint density at radius 1 is 1.35 bits per heavy atom. The van der Waals surface area contributed by atoms with Gasteiger partial charge in [-0.05, 0) is 34.7 Å². The molecule has 0 radical (unpaired) electrons. The van der Waals surface area contributed by atoms with E-state index in [-0.39, 0.29) is 32.2 Å². The number of carboxylic acids is 1. The molecule has 2 aromatic rings. The minimum absolute atomic E-state index is 0. The van der Waals surface area contributed by atoms with Gasteiger partial charge >= 0.3 is 5.97 Å². The lowest BCUT2D eigenvalue weighted by Gasteiger charge is -2.11. The minimum Gasteiger partial charge on any atom is -0.491 e. The number of aliphatic hydroxyl groups excluding tert-OH is 1. The van der Waals surface area contributed by atoms with Crippen molar-refractivity contribution in [1.29, 1.82) is 0 Å². The van der Waals surface area contributed by atoms with Crippen molar-refractivity contribution in [2.75, 3.05) is 6.61 Å². The number of hydrogen-bond acceptors (Lipinski definition) is 6. The molecule has 0 aliphatic rings. The molecule has 1 aromatic carbocycles. The standard InChI is InChI=1S/C11H12N4O4.H2S/c16-9(5-15-7-12-13-14-15)6-19-10-3-1-8(2-4-10)11(17)18;/h1-4,7,9,16H,5-6H2,(H,17,18);1H2/t9-;/m0./s1. The summed E-state index contributed by atoms with van der Waals surface area (Å²) in [4.78, 5) is 10.7. The summed E-state index contributed by atoms with van der Waals surface area (Å²) < 4.78 is 6.72. The number of rotatable bonds is 6. The topological polar surface area (TPSA) is 110 Å². The van der Waals surface area contributed by atoms with E-state index < -0.39 is 12.1 Å². The molecule has 0 bridgehead atoms. The Balaban J connectivity index is 0.00000200. The average molecular weight is 298 g/mol. The number of carboxylic acid groups (broad SMARTS) is 1. The number of aromatic nitrogens is 4. The molecule has 0 fully saturated rings. The van der Waals surface area contributed by atoms with Gasteiger partial charge in [-0.1, -0.05) is 0 Å². The van der Waals surface area contributed by atoms with Gasteiger partial charge in [0.25, 0.3) is 0 Å². The van der Waals surface area contributed by atoms with Crippen LogP contribution >= 0.6 is 13.5 Å². The molecule has 8 nitrogen and oxygen atoms in total. The first-order chi connectivity index (χ1) is 9.15. The van der Waals surface area contributed by atoms with Crippen molar-refractivity contribution >= 4 is 19.5 Å². The number of carbonyl (C=O) groups is 1. The molecule has 1 heterocycles. The quantitative estimate of drug-likeness (QED) is 0.767. The molecule has 20 heavy (non-hydrogen) atoms. The van der Waals surface area contributed by atoms with Crippen LogP contribution < -0.4 is 4.74 Å². The molecule has 0 unspecified atom stereocenters. The fraction of sp³-hybridized carbons (Fsp3) is 0.273. The van der Waals surface area contributed by atoms with Gasteiger partial charge < -0.3 is 14.9 Å². The predicted molar refractivity (Wildman–Crippen MR) is 73.1 cm³/mol. The number of aliphatic hydroxyl groups is 1.